The van der Waals surface area contributed by atoms with Gasteiger partial charge >= 0.3 is 0 Å². The number of hydrogen-bond acceptors (Lipinski definition) is 2. The second kappa shape index (κ2) is 6.36. The number of halogens is 2. The summed E-state index contributed by atoms with van der Waals surface area (Å²) in [4.78, 5) is 13.0. The van der Waals surface area contributed by atoms with Gasteiger partial charge in [0.2, 0.25) is 5.91 Å². The predicted octanol–water partition coefficient (Wildman–Crippen LogP) is 2.85. The Kier molecular flexibility index (Phi) is 5.11. The highest BCUT2D eigenvalue weighted by molar-refractivity contribution is 9.10. The molecule has 0 aliphatic rings. The van der Waals surface area contributed by atoms with Crippen LogP contribution in [0.1, 0.15) is 18.4 Å². The summed E-state index contributed by atoms with van der Waals surface area (Å²) in [6, 6.07) is 6.51. The molecule has 90 valence electrons. The highest BCUT2D eigenvalue weighted by atomic mass is 79.9. The second-order valence-corrected chi connectivity index (χ2v) is 4.56. The molecule has 0 radical (unpaired) electrons. The molecule has 0 atom stereocenters. The lowest BCUT2D eigenvalue weighted by Crippen LogP contribution is -2.26. The van der Waals surface area contributed by atoms with Crippen LogP contribution in [0.3, 0.4) is 0 Å². The van der Waals surface area contributed by atoms with Crippen LogP contribution in [0, 0.1) is 17.1 Å². The molecule has 0 fully saturated rings. The van der Waals surface area contributed by atoms with E-state index in [1.54, 1.807) is 19.2 Å². The fourth-order valence-electron chi connectivity index (χ4n) is 1.36. The quantitative estimate of drug-likeness (QED) is 0.858. The number of nitriles is 1. The van der Waals surface area contributed by atoms with Gasteiger partial charge in [-0.05, 0) is 18.2 Å². The van der Waals surface area contributed by atoms with Gasteiger partial charge in [-0.25, -0.2) is 4.39 Å². The molecule has 1 aromatic rings. The van der Waals surface area contributed by atoms with Crippen molar-refractivity contribution in [3.8, 4) is 6.07 Å². The first-order valence-corrected chi connectivity index (χ1v) is 5.88. The third-order valence-electron chi connectivity index (χ3n) is 2.29. The first-order valence-electron chi connectivity index (χ1n) is 5.09. The van der Waals surface area contributed by atoms with Gasteiger partial charge in [0.05, 0.1) is 6.07 Å². The number of carbonyl (C=O) groups excluding carboxylic acids is 1. The van der Waals surface area contributed by atoms with Crippen molar-refractivity contribution in [1.29, 1.82) is 5.26 Å². The number of amides is 1. The van der Waals surface area contributed by atoms with E-state index in [4.69, 9.17) is 5.26 Å². The Hall–Kier alpha value is -1.41. The van der Waals surface area contributed by atoms with Crippen molar-refractivity contribution in [1.82, 2.24) is 4.90 Å². The van der Waals surface area contributed by atoms with Crippen molar-refractivity contribution in [2.75, 3.05) is 7.05 Å². The van der Waals surface area contributed by atoms with Crippen LogP contribution in [0.15, 0.2) is 22.7 Å². The number of nitrogens with zero attached hydrogens (tertiary/aromatic N) is 2. The van der Waals surface area contributed by atoms with Gasteiger partial charge in [-0.3, -0.25) is 4.79 Å². The molecule has 0 saturated heterocycles. The molecule has 0 heterocycles. The minimum atomic E-state index is -0.340. The Labute approximate surface area is 108 Å². The van der Waals surface area contributed by atoms with Crippen molar-refractivity contribution in [3.63, 3.8) is 0 Å². The molecule has 1 amide bonds. The Morgan fingerprint density at radius 2 is 2.29 bits per heavy atom. The smallest absolute Gasteiger partial charge is 0.223 e. The summed E-state index contributed by atoms with van der Waals surface area (Å²) in [6.07, 6.45) is 0.354. The molecule has 0 unspecified atom stereocenters. The molecule has 0 spiro atoms. The topological polar surface area (TPSA) is 44.1 Å². The van der Waals surface area contributed by atoms with Gasteiger partial charge in [0, 0.05) is 36.5 Å². The summed E-state index contributed by atoms with van der Waals surface area (Å²) in [5, 5.41) is 8.38. The molecule has 17 heavy (non-hydrogen) atoms. The van der Waals surface area contributed by atoms with E-state index in [0.29, 0.717) is 5.56 Å². The van der Waals surface area contributed by atoms with Crippen molar-refractivity contribution in [2.45, 2.75) is 19.4 Å². The van der Waals surface area contributed by atoms with Crippen LogP contribution >= 0.6 is 15.9 Å². The van der Waals surface area contributed by atoms with E-state index in [0.717, 1.165) is 4.47 Å². The highest BCUT2D eigenvalue weighted by Gasteiger charge is 2.11. The van der Waals surface area contributed by atoms with Crippen molar-refractivity contribution in [3.05, 3.63) is 34.1 Å². The van der Waals surface area contributed by atoms with Gasteiger partial charge in [-0.15, -0.1) is 0 Å². The van der Waals surface area contributed by atoms with Gasteiger partial charge in [-0.2, -0.15) is 5.26 Å². The van der Waals surface area contributed by atoms with Crippen LogP contribution in [0.4, 0.5) is 4.39 Å². The molecule has 0 aromatic heterocycles. The molecule has 3 nitrogen and oxygen atoms in total. The maximum Gasteiger partial charge on any atom is 0.223 e. The number of carbonyl (C=O) groups is 1. The van der Waals surface area contributed by atoms with Gasteiger partial charge in [0.15, 0.2) is 0 Å². The van der Waals surface area contributed by atoms with Crippen LogP contribution in [0.25, 0.3) is 0 Å². The Morgan fingerprint density at radius 3 is 2.94 bits per heavy atom. The summed E-state index contributed by atoms with van der Waals surface area (Å²) in [7, 11) is 1.60. The molecule has 0 N–H and O–H groups in total. The number of hydrogen-bond donors (Lipinski definition) is 0. The largest absolute Gasteiger partial charge is 0.341 e. The zero-order chi connectivity index (χ0) is 12.8. The normalized spacial score (nSPS) is 9.76. The summed E-state index contributed by atoms with van der Waals surface area (Å²) in [5.74, 6) is -0.501. The zero-order valence-corrected chi connectivity index (χ0v) is 11.0. The summed E-state index contributed by atoms with van der Waals surface area (Å²) in [6.45, 7) is 0.204. The monoisotopic (exact) mass is 298 g/mol. The van der Waals surface area contributed by atoms with Gasteiger partial charge < -0.3 is 4.90 Å². The van der Waals surface area contributed by atoms with E-state index in [1.165, 1.54) is 11.0 Å². The van der Waals surface area contributed by atoms with Crippen LogP contribution in [-0.4, -0.2) is 17.9 Å². The Bertz CT molecular complexity index is 456. The fraction of sp³-hybridized carbons (Fsp3) is 0.333. The summed E-state index contributed by atoms with van der Waals surface area (Å²) in [5.41, 5.74) is 0.451. The number of rotatable bonds is 4. The van der Waals surface area contributed by atoms with Crippen LogP contribution in [-0.2, 0) is 11.3 Å². The molecule has 0 aliphatic carbocycles. The standard InChI is InChI=1S/C12H12BrFN2O/c1-16(12(17)3-2-6-15)8-9-7-10(13)4-5-11(9)14/h4-5,7H,2-3,8H2,1H3. The van der Waals surface area contributed by atoms with E-state index in [2.05, 4.69) is 15.9 Å². The molecule has 0 bridgehead atoms. The minimum Gasteiger partial charge on any atom is -0.341 e. The Balaban J connectivity index is 2.67. The van der Waals surface area contributed by atoms with E-state index in [9.17, 15) is 9.18 Å². The zero-order valence-electron chi connectivity index (χ0n) is 9.41. The van der Waals surface area contributed by atoms with E-state index < -0.39 is 0 Å². The van der Waals surface area contributed by atoms with Crippen LogP contribution in [0.5, 0.6) is 0 Å². The molecule has 1 aromatic carbocycles. The lowest BCUT2D eigenvalue weighted by Gasteiger charge is -2.17. The predicted molar refractivity (Wildman–Crippen MR) is 65.4 cm³/mol. The van der Waals surface area contributed by atoms with Crippen LogP contribution < -0.4 is 0 Å². The maximum absolute atomic E-state index is 13.4. The number of benzene rings is 1. The van der Waals surface area contributed by atoms with Crippen molar-refractivity contribution in [2.24, 2.45) is 0 Å². The first-order chi connectivity index (χ1) is 8.04. The maximum atomic E-state index is 13.4. The average Bonchev–Trinajstić information content (AvgIpc) is 2.30. The lowest BCUT2D eigenvalue weighted by molar-refractivity contribution is -0.130. The van der Waals surface area contributed by atoms with Crippen LogP contribution in [0.2, 0.25) is 0 Å². The minimum absolute atomic E-state index is 0.161. The highest BCUT2D eigenvalue weighted by Crippen LogP contribution is 2.17. The fourth-order valence-corrected chi connectivity index (χ4v) is 1.77. The summed E-state index contributed by atoms with van der Waals surface area (Å²) >= 11 is 3.25. The molecule has 0 aliphatic heterocycles. The second-order valence-electron chi connectivity index (χ2n) is 3.64. The van der Waals surface area contributed by atoms with Crippen molar-refractivity contribution < 1.29 is 9.18 Å². The molecular weight excluding hydrogens is 287 g/mol. The molecule has 0 saturated carbocycles. The Morgan fingerprint density at radius 1 is 1.59 bits per heavy atom. The third kappa shape index (κ3) is 4.16. The van der Waals surface area contributed by atoms with E-state index >= 15 is 0 Å². The van der Waals surface area contributed by atoms with Crippen molar-refractivity contribution >= 4 is 21.8 Å². The third-order valence-corrected chi connectivity index (χ3v) is 2.78. The van der Waals surface area contributed by atoms with Gasteiger partial charge in [0.25, 0.3) is 0 Å². The van der Waals surface area contributed by atoms with Gasteiger partial charge in [-0.1, -0.05) is 15.9 Å². The van der Waals surface area contributed by atoms with E-state index in [1.807, 2.05) is 6.07 Å². The summed E-state index contributed by atoms with van der Waals surface area (Å²) < 4.78 is 14.2. The molecule has 5 heteroatoms. The lowest BCUT2D eigenvalue weighted by atomic mass is 10.2. The van der Waals surface area contributed by atoms with Gasteiger partial charge in [0.1, 0.15) is 5.82 Å². The molecular formula is C12H12BrFN2O. The average molecular weight is 299 g/mol. The first kappa shape index (κ1) is 13.7. The molecule has 1 rings (SSSR count). The SMILES string of the molecule is CN(Cc1cc(Br)ccc1F)C(=O)CCC#N. The van der Waals surface area contributed by atoms with E-state index in [-0.39, 0.29) is 31.1 Å².